The number of nitrogens with zero attached hydrogens (tertiary/aromatic N) is 3. The Morgan fingerprint density at radius 1 is 1.00 bits per heavy atom. The predicted molar refractivity (Wildman–Crippen MR) is 127 cm³/mol. The van der Waals surface area contributed by atoms with E-state index in [1.807, 2.05) is 0 Å². The first-order valence-electron chi connectivity index (χ1n) is 10.1. The van der Waals surface area contributed by atoms with Crippen molar-refractivity contribution >= 4 is 33.8 Å². The van der Waals surface area contributed by atoms with E-state index in [1.54, 1.807) is 73.6 Å². The fourth-order valence-electron chi connectivity index (χ4n) is 3.14. The van der Waals surface area contributed by atoms with Crippen LogP contribution in [0.15, 0.2) is 77.8 Å². The molecule has 0 radical (unpaired) electrons. The van der Waals surface area contributed by atoms with Gasteiger partial charge in [-0.15, -0.1) is 0 Å². The second-order valence-electron chi connectivity index (χ2n) is 7.42. The molecule has 2 aromatic carbocycles. The molecule has 0 aliphatic rings. The zero-order valence-electron chi connectivity index (χ0n) is 18.6. The van der Waals surface area contributed by atoms with Crippen LogP contribution in [0.3, 0.4) is 0 Å². The van der Waals surface area contributed by atoms with Crippen LogP contribution in [0.2, 0.25) is 0 Å². The molecule has 0 saturated heterocycles. The minimum absolute atomic E-state index is 0.0466. The lowest BCUT2D eigenvalue weighted by molar-refractivity contribution is -0.607. The minimum Gasteiger partial charge on any atom is -0.618 e. The van der Waals surface area contributed by atoms with Gasteiger partial charge in [-0.05, 0) is 62.1 Å². The first-order valence-corrected chi connectivity index (χ1v) is 11.5. The van der Waals surface area contributed by atoms with Gasteiger partial charge in [0.15, 0.2) is 6.20 Å². The summed E-state index contributed by atoms with van der Waals surface area (Å²) in [6.07, 6.45) is 4.55. The van der Waals surface area contributed by atoms with Crippen LogP contribution in [0.5, 0.6) is 5.75 Å². The Morgan fingerprint density at radius 3 is 2.30 bits per heavy atom. The molecule has 0 N–H and O–H groups in total. The van der Waals surface area contributed by atoms with Gasteiger partial charge in [-0.3, -0.25) is 4.79 Å². The van der Waals surface area contributed by atoms with Crippen LogP contribution < -0.4 is 13.8 Å². The van der Waals surface area contributed by atoms with Gasteiger partial charge in [0.1, 0.15) is 5.75 Å². The monoisotopic (exact) mass is 467 g/mol. The molecule has 1 heterocycles. The van der Waals surface area contributed by atoms with Crippen LogP contribution in [0.25, 0.3) is 12.2 Å². The molecule has 33 heavy (non-hydrogen) atoms. The highest BCUT2D eigenvalue weighted by atomic mass is 32.2. The highest BCUT2D eigenvalue weighted by Gasteiger charge is 2.32. The minimum atomic E-state index is -4.24. The number of hydrogen-bond donors (Lipinski definition) is 0. The van der Waals surface area contributed by atoms with Crippen molar-refractivity contribution < 1.29 is 22.7 Å². The highest BCUT2D eigenvalue weighted by molar-refractivity contribution is 7.93. The topological polar surface area (TPSA) is 93.9 Å². The molecule has 0 aliphatic heterocycles. The molecule has 0 fully saturated rings. The van der Waals surface area contributed by atoms with Gasteiger partial charge >= 0.3 is 0 Å². The van der Waals surface area contributed by atoms with E-state index < -0.39 is 15.9 Å². The number of ether oxygens (including phenoxy) is 1. The second kappa shape index (κ2) is 10.3. The van der Waals surface area contributed by atoms with E-state index in [0.717, 1.165) is 4.31 Å². The van der Waals surface area contributed by atoms with E-state index in [9.17, 15) is 18.4 Å². The number of rotatable bonds is 8. The van der Waals surface area contributed by atoms with Crippen LogP contribution in [0.1, 0.15) is 11.3 Å². The average molecular weight is 468 g/mol. The van der Waals surface area contributed by atoms with Gasteiger partial charge in [-0.1, -0.05) is 18.2 Å². The van der Waals surface area contributed by atoms with Crippen molar-refractivity contribution in [2.75, 3.05) is 32.1 Å². The van der Waals surface area contributed by atoms with Crippen molar-refractivity contribution in [3.63, 3.8) is 0 Å². The molecule has 0 aliphatic carbocycles. The second-order valence-corrected chi connectivity index (χ2v) is 9.21. The van der Waals surface area contributed by atoms with Crippen LogP contribution in [-0.4, -0.2) is 47.0 Å². The van der Waals surface area contributed by atoms with Crippen molar-refractivity contribution in [1.29, 1.82) is 0 Å². The summed E-state index contributed by atoms with van der Waals surface area (Å²) in [7, 11) is 0.616. The van der Waals surface area contributed by atoms with Crippen molar-refractivity contribution in [3.8, 4) is 5.75 Å². The number of carbonyl (C=O) groups excluding carboxylic acids is 1. The number of benzene rings is 2. The number of para-hydroxylation sites is 1. The smallest absolute Gasteiger partial charge is 0.270 e. The maximum atomic E-state index is 13.6. The number of amides is 1. The van der Waals surface area contributed by atoms with Crippen molar-refractivity contribution in [2.24, 2.45) is 0 Å². The third-order valence-electron chi connectivity index (χ3n) is 4.72. The quantitative estimate of drug-likeness (QED) is 0.374. The molecule has 3 rings (SSSR count). The Labute approximate surface area is 193 Å². The third-order valence-corrected chi connectivity index (χ3v) is 6.47. The number of carbonyl (C=O) groups is 1. The van der Waals surface area contributed by atoms with Crippen molar-refractivity contribution in [2.45, 2.75) is 4.90 Å². The number of methoxy groups -OCH3 is 1. The largest absolute Gasteiger partial charge is 0.618 e. The molecule has 8 nitrogen and oxygen atoms in total. The summed E-state index contributed by atoms with van der Waals surface area (Å²) in [6.45, 7) is -0.118. The summed E-state index contributed by atoms with van der Waals surface area (Å²) in [4.78, 5) is 14.7. The van der Waals surface area contributed by atoms with Gasteiger partial charge in [-0.2, -0.15) is 4.73 Å². The van der Waals surface area contributed by atoms with Gasteiger partial charge in [0.25, 0.3) is 15.9 Å². The SMILES string of the molecule is COc1ccc(S(=O)(=O)N(C(=O)CN(C)C)c2ccccc2C=Cc2cccc[n+]2[O-])cc1. The summed E-state index contributed by atoms with van der Waals surface area (Å²) in [5.74, 6) is -0.118. The Morgan fingerprint density at radius 2 is 1.67 bits per heavy atom. The molecule has 172 valence electrons. The first kappa shape index (κ1) is 24.0. The van der Waals surface area contributed by atoms with Crippen LogP contribution in [-0.2, 0) is 14.8 Å². The zero-order valence-corrected chi connectivity index (χ0v) is 19.4. The fraction of sp³-hybridized carbons (Fsp3) is 0.167. The molecule has 9 heteroatoms. The number of hydrogen-bond acceptors (Lipinski definition) is 6. The summed E-state index contributed by atoms with van der Waals surface area (Å²) in [6, 6.07) is 17.4. The molecule has 0 atom stereocenters. The van der Waals surface area contributed by atoms with Gasteiger partial charge in [-0.25, -0.2) is 12.7 Å². The molecule has 0 spiro atoms. The molecular formula is C24H25N3O5S. The molecule has 1 amide bonds. The zero-order chi connectivity index (χ0) is 24.0. The molecule has 0 saturated carbocycles. The van der Waals surface area contributed by atoms with E-state index >= 15 is 0 Å². The molecule has 3 aromatic rings. The maximum absolute atomic E-state index is 13.6. The van der Waals surface area contributed by atoms with E-state index in [4.69, 9.17) is 4.74 Å². The van der Waals surface area contributed by atoms with E-state index in [2.05, 4.69) is 0 Å². The van der Waals surface area contributed by atoms with Gasteiger partial charge in [0.05, 0.1) is 24.2 Å². The molecule has 1 aromatic heterocycles. The van der Waals surface area contributed by atoms with Crippen LogP contribution in [0, 0.1) is 5.21 Å². The third kappa shape index (κ3) is 5.57. The summed E-state index contributed by atoms with van der Waals surface area (Å²) in [5.41, 5.74) is 1.02. The lowest BCUT2D eigenvalue weighted by Crippen LogP contribution is -2.42. The molecule has 0 bridgehead atoms. The standard InChI is InChI=1S/C24H25N3O5S/c1-25(2)18-24(28)27(33(30,31)22-15-13-21(32-3)14-16-22)23-10-5-4-8-19(23)11-12-20-9-6-7-17-26(20)29/h4-17H,18H2,1-3H3. The number of sulfonamides is 1. The Hall–Kier alpha value is -3.69. The number of aromatic nitrogens is 1. The van der Waals surface area contributed by atoms with Crippen LogP contribution in [0.4, 0.5) is 5.69 Å². The fourth-order valence-corrected chi connectivity index (χ4v) is 4.59. The summed E-state index contributed by atoms with van der Waals surface area (Å²) in [5, 5.41) is 12.0. The van der Waals surface area contributed by atoms with Gasteiger partial charge in [0.2, 0.25) is 5.69 Å². The van der Waals surface area contributed by atoms with E-state index in [1.165, 1.54) is 37.6 Å². The highest BCUT2D eigenvalue weighted by Crippen LogP contribution is 2.29. The van der Waals surface area contributed by atoms with E-state index in [-0.39, 0.29) is 17.1 Å². The van der Waals surface area contributed by atoms with Gasteiger partial charge in [0, 0.05) is 18.2 Å². The van der Waals surface area contributed by atoms with Crippen molar-refractivity contribution in [3.05, 3.63) is 89.4 Å². The van der Waals surface area contributed by atoms with E-state index in [0.29, 0.717) is 21.7 Å². The molecular weight excluding hydrogens is 442 g/mol. The number of likely N-dealkylation sites (N-methyl/N-ethyl adjacent to an activating group) is 1. The average Bonchev–Trinajstić information content (AvgIpc) is 2.79. The first-order chi connectivity index (χ1) is 15.7. The number of pyridine rings is 1. The van der Waals surface area contributed by atoms with Crippen molar-refractivity contribution in [1.82, 2.24) is 4.90 Å². The van der Waals surface area contributed by atoms with Crippen LogP contribution >= 0.6 is 0 Å². The Bertz CT molecular complexity index is 1260. The molecule has 0 unspecified atom stereocenters. The summed E-state index contributed by atoms with van der Waals surface area (Å²) < 4.78 is 33.8. The normalized spacial score (nSPS) is 11.6. The predicted octanol–water partition coefficient (Wildman–Crippen LogP) is 2.78. The lowest BCUT2D eigenvalue weighted by Gasteiger charge is -2.25. The van der Waals surface area contributed by atoms with Gasteiger partial charge < -0.3 is 14.8 Å². The maximum Gasteiger partial charge on any atom is 0.270 e. The Balaban J connectivity index is 2.12. The Kier molecular flexibility index (Phi) is 7.47. The summed E-state index contributed by atoms with van der Waals surface area (Å²) >= 11 is 0. The number of anilines is 1. The lowest BCUT2D eigenvalue weighted by atomic mass is 10.1.